The molecule has 3 aromatic heterocycles. The van der Waals surface area contributed by atoms with Gasteiger partial charge in [0.2, 0.25) is 0 Å². The van der Waals surface area contributed by atoms with Crippen LogP contribution in [0.2, 0.25) is 0 Å². The van der Waals surface area contributed by atoms with Crippen molar-refractivity contribution in [1.82, 2.24) is 29.9 Å². The van der Waals surface area contributed by atoms with Gasteiger partial charge in [-0.3, -0.25) is 9.97 Å². The molecule has 1 aliphatic rings. The van der Waals surface area contributed by atoms with E-state index in [-0.39, 0.29) is 25.7 Å². The van der Waals surface area contributed by atoms with Gasteiger partial charge < -0.3 is 14.4 Å². The monoisotopic (exact) mass is 490 g/mol. The van der Waals surface area contributed by atoms with Crippen LogP contribution in [0.1, 0.15) is 38.1 Å². The summed E-state index contributed by atoms with van der Waals surface area (Å²) in [6.45, 7) is 5.83. The van der Waals surface area contributed by atoms with Crippen LogP contribution in [0.5, 0.6) is 0 Å². The van der Waals surface area contributed by atoms with E-state index in [1.54, 1.807) is 50.1 Å². The predicted octanol–water partition coefficient (Wildman–Crippen LogP) is 4.13. The molecule has 0 saturated carbocycles. The maximum Gasteiger partial charge on any atom is 0.433 e. The second-order valence-corrected chi connectivity index (χ2v) is 9.18. The number of carbonyl (C=O) groups excluding carboxylic acids is 1. The summed E-state index contributed by atoms with van der Waals surface area (Å²) in [7, 11) is 0. The van der Waals surface area contributed by atoms with Crippen LogP contribution < -0.4 is 0 Å². The van der Waals surface area contributed by atoms with Crippen molar-refractivity contribution in [1.29, 1.82) is 0 Å². The molecule has 2 unspecified atom stereocenters. The molecule has 0 N–H and O–H groups in total. The van der Waals surface area contributed by atoms with Crippen LogP contribution >= 0.6 is 0 Å². The number of hydrogen-bond acceptors (Lipinski definition) is 7. The number of rotatable bonds is 5. The summed E-state index contributed by atoms with van der Waals surface area (Å²) in [6.07, 6.45) is 0.698. The lowest BCUT2D eigenvalue weighted by Gasteiger charge is -2.24. The minimum atomic E-state index is -4.51. The van der Waals surface area contributed by atoms with Gasteiger partial charge in [-0.15, -0.1) is 5.10 Å². The molecule has 0 bridgehead atoms. The molecule has 0 aromatic carbocycles. The highest BCUT2D eigenvalue weighted by Gasteiger charge is 2.40. The zero-order valence-corrected chi connectivity index (χ0v) is 19.4. The highest BCUT2D eigenvalue weighted by molar-refractivity contribution is 5.68. The Morgan fingerprint density at radius 1 is 1.14 bits per heavy atom. The number of nitrogens with zero attached hydrogens (tertiary/aromatic N) is 6. The summed E-state index contributed by atoms with van der Waals surface area (Å²) >= 11 is 0. The van der Waals surface area contributed by atoms with E-state index in [4.69, 9.17) is 9.47 Å². The molecular weight excluding hydrogens is 465 g/mol. The fourth-order valence-electron chi connectivity index (χ4n) is 3.62. The number of likely N-dealkylation sites (tertiary alicyclic amines) is 1. The number of halogens is 3. The summed E-state index contributed by atoms with van der Waals surface area (Å²) in [6, 6.07) is 5.49. The standard InChI is InChI=1S/C23H25F3N6O3/c1-22(2,3)35-21(33)31-12-18(32-11-17(29-30-32)16-5-4-8-27-10-16)19(13-31)34-14-15-6-7-20(28-9-15)23(24,25)26/h4-11,18-19H,12-14H2,1-3H3. The highest BCUT2D eigenvalue weighted by Crippen LogP contribution is 2.29. The normalized spacial score (nSPS) is 18.6. The zero-order valence-electron chi connectivity index (χ0n) is 19.4. The minimum Gasteiger partial charge on any atom is -0.444 e. The summed E-state index contributed by atoms with van der Waals surface area (Å²) in [5, 5.41) is 8.44. The van der Waals surface area contributed by atoms with Gasteiger partial charge >= 0.3 is 12.3 Å². The van der Waals surface area contributed by atoms with Crippen LogP contribution in [-0.2, 0) is 22.3 Å². The van der Waals surface area contributed by atoms with Crippen LogP contribution in [0.25, 0.3) is 11.3 Å². The van der Waals surface area contributed by atoms with Gasteiger partial charge in [-0.05, 0) is 44.5 Å². The van der Waals surface area contributed by atoms with E-state index in [0.717, 1.165) is 17.8 Å². The third-order valence-electron chi connectivity index (χ3n) is 5.28. The largest absolute Gasteiger partial charge is 0.444 e. The van der Waals surface area contributed by atoms with Gasteiger partial charge in [0.15, 0.2) is 0 Å². The van der Waals surface area contributed by atoms with Gasteiger partial charge in [0.25, 0.3) is 0 Å². The Hall–Kier alpha value is -3.54. The lowest BCUT2D eigenvalue weighted by Crippen LogP contribution is -2.36. The first-order valence-electron chi connectivity index (χ1n) is 10.9. The van der Waals surface area contributed by atoms with Gasteiger partial charge in [0, 0.05) is 30.7 Å². The second-order valence-electron chi connectivity index (χ2n) is 9.18. The maximum atomic E-state index is 12.8. The maximum absolute atomic E-state index is 12.8. The van der Waals surface area contributed by atoms with Gasteiger partial charge in [-0.2, -0.15) is 13.2 Å². The molecule has 1 fully saturated rings. The number of amides is 1. The van der Waals surface area contributed by atoms with Crippen LogP contribution in [0.15, 0.2) is 49.1 Å². The quantitative estimate of drug-likeness (QED) is 0.531. The Labute approximate surface area is 199 Å². The van der Waals surface area contributed by atoms with Crippen molar-refractivity contribution < 1.29 is 27.4 Å². The van der Waals surface area contributed by atoms with E-state index in [1.165, 1.54) is 11.0 Å². The van der Waals surface area contributed by atoms with Gasteiger partial charge in [0.1, 0.15) is 17.0 Å². The van der Waals surface area contributed by atoms with E-state index in [9.17, 15) is 18.0 Å². The summed E-state index contributed by atoms with van der Waals surface area (Å²) in [4.78, 5) is 21.8. The molecule has 9 nitrogen and oxygen atoms in total. The zero-order chi connectivity index (χ0) is 25.2. The van der Waals surface area contributed by atoms with E-state index in [0.29, 0.717) is 11.3 Å². The van der Waals surface area contributed by atoms with Crippen molar-refractivity contribution in [3.05, 3.63) is 60.3 Å². The molecule has 35 heavy (non-hydrogen) atoms. The number of alkyl halides is 3. The number of aromatic nitrogens is 5. The fraction of sp³-hybridized carbons (Fsp3) is 0.435. The average molecular weight is 490 g/mol. The fourth-order valence-corrected chi connectivity index (χ4v) is 3.62. The lowest BCUT2D eigenvalue weighted by molar-refractivity contribution is -0.141. The summed E-state index contributed by atoms with van der Waals surface area (Å²) in [5.41, 5.74) is 0.232. The number of ether oxygens (including phenoxy) is 2. The second kappa shape index (κ2) is 9.61. The van der Waals surface area contributed by atoms with E-state index < -0.39 is 29.7 Å². The number of pyridine rings is 2. The average Bonchev–Trinajstić information content (AvgIpc) is 3.44. The van der Waals surface area contributed by atoms with Crippen molar-refractivity contribution in [2.45, 2.75) is 51.3 Å². The summed E-state index contributed by atoms with van der Waals surface area (Å²) in [5.74, 6) is 0. The SMILES string of the molecule is CC(C)(C)OC(=O)N1CC(OCc2ccc(C(F)(F)F)nc2)C(n2cc(-c3cccnc3)nn2)C1. The molecule has 1 amide bonds. The molecule has 1 saturated heterocycles. The molecule has 0 aliphatic carbocycles. The molecular formula is C23H25F3N6O3. The van der Waals surface area contributed by atoms with Crippen LogP contribution in [-0.4, -0.2) is 60.7 Å². The van der Waals surface area contributed by atoms with Crippen molar-refractivity contribution in [3.63, 3.8) is 0 Å². The van der Waals surface area contributed by atoms with Crippen LogP contribution in [0, 0.1) is 0 Å². The number of carbonyl (C=O) groups is 1. The Morgan fingerprint density at radius 3 is 2.57 bits per heavy atom. The molecule has 0 radical (unpaired) electrons. The van der Waals surface area contributed by atoms with Crippen molar-refractivity contribution in [2.75, 3.05) is 13.1 Å². The first-order chi connectivity index (χ1) is 16.5. The minimum absolute atomic E-state index is 0.0125. The Balaban J connectivity index is 1.51. The Morgan fingerprint density at radius 2 is 1.94 bits per heavy atom. The first-order valence-corrected chi connectivity index (χ1v) is 10.9. The first kappa shape index (κ1) is 24.6. The molecule has 4 heterocycles. The molecule has 0 spiro atoms. The van der Waals surface area contributed by atoms with Crippen LogP contribution in [0.4, 0.5) is 18.0 Å². The Bertz CT molecular complexity index is 1150. The van der Waals surface area contributed by atoms with E-state index in [1.807, 2.05) is 6.07 Å². The molecule has 1 aliphatic heterocycles. The van der Waals surface area contributed by atoms with Gasteiger partial charge in [-0.1, -0.05) is 11.3 Å². The molecule has 4 rings (SSSR count). The molecule has 186 valence electrons. The Kier molecular flexibility index (Phi) is 6.75. The molecule has 2 atom stereocenters. The summed E-state index contributed by atoms with van der Waals surface area (Å²) < 4.78 is 51.5. The van der Waals surface area contributed by atoms with Crippen molar-refractivity contribution >= 4 is 6.09 Å². The van der Waals surface area contributed by atoms with E-state index in [2.05, 4.69) is 20.3 Å². The third kappa shape index (κ3) is 6.13. The topological polar surface area (TPSA) is 95.3 Å². The molecule has 12 heteroatoms. The lowest BCUT2D eigenvalue weighted by atomic mass is 10.2. The third-order valence-corrected chi connectivity index (χ3v) is 5.28. The predicted molar refractivity (Wildman–Crippen MR) is 118 cm³/mol. The van der Waals surface area contributed by atoms with Crippen molar-refractivity contribution in [2.24, 2.45) is 0 Å². The molecule has 3 aromatic rings. The highest BCUT2D eigenvalue weighted by atomic mass is 19.4. The van der Waals surface area contributed by atoms with Gasteiger partial charge in [0.05, 0.1) is 31.5 Å². The van der Waals surface area contributed by atoms with Crippen molar-refractivity contribution in [3.8, 4) is 11.3 Å². The smallest absolute Gasteiger partial charge is 0.433 e. The van der Waals surface area contributed by atoms with Crippen LogP contribution in [0.3, 0.4) is 0 Å². The van der Waals surface area contributed by atoms with E-state index >= 15 is 0 Å². The number of hydrogen-bond donors (Lipinski definition) is 0. The van der Waals surface area contributed by atoms with Gasteiger partial charge in [-0.25, -0.2) is 9.48 Å².